The number of aryl methyl sites for hydroxylation is 2. The first-order valence-electron chi connectivity index (χ1n) is 7.10. The van der Waals surface area contributed by atoms with Gasteiger partial charge in [-0.3, -0.25) is 4.68 Å². The van der Waals surface area contributed by atoms with Gasteiger partial charge in [0.05, 0.1) is 11.4 Å². The molecule has 0 aromatic carbocycles. The summed E-state index contributed by atoms with van der Waals surface area (Å²) in [6.07, 6.45) is 7.24. The van der Waals surface area contributed by atoms with Gasteiger partial charge in [-0.05, 0) is 25.3 Å². The van der Waals surface area contributed by atoms with Crippen molar-refractivity contribution in [2.45, 2.75) is 63.4 Å². The molecule has 2 atom stereocenters. The molecule has 1 aromatic rings. The van der Waals surface area contributed by atoms with E-state index in [9.17, 15) is 0 Å². The number of rotatable bonds is 4. The highest BCUT2D eigenvalue weighted by molar-refractivity contribution is 6.21. The van der Waals surface area contributed by atoms with Crippen molar-refractivity contribution in [3.8, 4) is 0 Å². The molecule has 1 saturated carbocycles. The standard InChI is InChI=1S/C14H24ClN3/c1-3-11-9-12(18(2)17-11)10-16-14-8-6-4-5-7-13(14)15/h9,13-14,16H,3-8,10H2,1-2H3. The molecule has 1 aliphatic carbocycles. The van der Waals surface area contributed by atoms with Gasteiger partial charge in [-0.2, -0.15) is 5.10 Å². The average molecular weight is 270 g/mol. The molecule has 0 amide bonds. The van der Waals surface area contributed by atoms with Gasteiger partial charge in [-0.25, -0.2) is 0 Å². The Morgan fingerprint density at radius 1 is 1.39 bits per heavy atom. The van der Waals surface area contributed by atoms with Crippen LogP contribution in [0.1, 0.15) is 50.4 Å². The number of nitrogens with zero attached hydrogens (tertiary/aromatic N) is 2. The SMILES string of the molecule is CCc1cc(CNC2CCCCCC2Cl)n(C)n1. The molecule has 2 rings (SSSR count). The Labute approximate surface area is 115 Å². The lowest BCUT2D eigenvalue weighted by molar-refractivity contribution is 0.455. The topological polar surface area (TPSA) is 29.9 Å². The molecule has 1 aromatic heterocycles. The van der Waals surface area contributed by atoms with Crippen LogP contribution in [-0.2, 0) is 20.0 Å². The van der Waals surface area contributed by atoms with Crippen LogP contribution in [0.15, 0.2) is 6.07 Å². The van der Waals surface area contributed by atoms with Crippen LogP contribution in [0.4, 0.5) is 0 Å². The first-order chi connectivity index (χ1) is 8.70. The second-order valence-corrected chi connectivity index (χ2v) is 5.81. The van der Waals surface area contributed by atoms with E-state index in [0.717, 1.165) is 25.1 Å². The lowest BCUT2D eigenvalue weighted by Gasteiger charge is -2.21. The molecule has 1 aliphatic rings. The lowest BCUT2D eigenvalue weighted by atomic mass is 10.1. The molecule has 1 heterocycles. The van der Waals surface area contributed by atoms with Crippen LogP contribution in [0, 0.1) is 0 Å². The van der Waals surface area contributed by atoms with Crippen LogP contribution in [0.5, 0.6) is 0 Å². The molecule has 4 heteroatoms. The monoisotopic (exact) mass is 269 g/mol. The summed E-state index contributed by atoms with van der Waals surface area (Å²) in [7, 11) is 2.02. The van der Waals surface area contributed by atoms with Gasteiger partial charge < -0.3 is 5.32 Å². The number of alkyl halides is 1. The van der Waals surface area contributed by atoms with Gasteiger partial charge in [0.1, 0.15) is 0 Å². The van der Waals surface area contributed by atoms with Gasteiger partial charge in [0.2, 0.25) is 0 Å². The van der Waals surface area contributed by atoms with Crippen molar-refractivity contribution in [2.24, 2.45) is 7.05 Å². The van der Waals surface area contributed by atoms with Crippen LogP contribution >= 0.6 is 11.6 Å². The molecule has 2 unspecified atom stereocenters. The smallest absolute Gasteiger partial charge is 0.0625 e. The number of hydrogen-bond donors (Lipinski definition) is 1. The van der Waals surface area contributed by atoms with E-state index in [1.54, 1.807) is 0 Å². The van der Waals surface area contributed by atoms with Crippen molar-refractivity contribution < 1.29 is 0 Å². The Kier molecular flexibility index (Phi) is 5.07. The highest BCUT2D eigenvalue weighted by Gasteiger charge is 2.21. The minimum absolute atomic E-state index is 0.284. The van der Waals surface area contributed by atoms with E-state index >= 15 is 0 Å². The average Bonchev–Trinajstić information content (AvgIpc) is 2.59. The van der Waals surface area contributed by atoms with Gasteiger partial charge >= 0.3 is 0 Å². The number of aromatic nitrogens is 2. The van der Waals surface area contributed by atoms with Crippen molar-refractivity contribution in [1.29, 1.82) is 0 Å². The Morgan fingerprint density at radius 3 is 2.89 bits per heavy atom. The van der Waals surface area contributed by atoms with Crippen molar-refractivity contribution in [3.63, 3.8) is 0 Å². The summed E-state index contributed by atoms with van der Waals surface area (Å²) in [6, 6.07) is 2.64. The molecule has 3 nitrogen and oxygen atoms in total. The molecule has 102 valence electrons. The zero-order valence-electron chi connectivity index (χ0n) is 11.5. The van der Waals surface area contributed by atoms with Crippen LogP contribution in [0.25, 0.3) is 0 Å². The highest BCUT2D eigenvalue weighted by Crippen LogP contribution is 2.22. The molecule has 0 saturated heterocycles. The Morgan fingerprint density at radius 2 is 2.17 bits per heavy atom. The van der Waals surface area contributed by atoms with Gasteiger partial charge in [0, 0.05) is 25.0 Å². The Balaban J connectivity index is 1.91. The lowest BCUT2D eigenvalue weighted by Crippen LogP contribution is -2.36. The third-order valence-electron chi connectivity index (χ3n) is 3.87. The van der Waals surface area contributed by atoms with Crippen molar-refractivity contribution >= 4 is 11.6 Å². The van der Waals surface area contributed by atoms with Gasteiger partial charge in [0.15, 0.2) is 0 Å². The predicted molar refractivity (Wildman–Crippen MR) is 75.9 cm³/mol. The van der Waals surface area contributed by atoms with Crippen molar-refractivity contribution in [1.82, 2.24) is 15.1 Å². The van der Waals surface area contributed by atoms with Crippen LogP contribution in [-0.4, -0.2) is 21.2 Å². The number of hydrogen-bond acceptors (Lipinski definition) is 2. The number of halogens is 1. The first-order valence-corrected chi connectivity index (χ1v) is 7.53. The van der Waals surface area contributed by atoms with E-state index in [1.165, 1.54) is 31.4 Å². The Hall–Kier alpha value is -0.540. The summed E-state index contributed by atoms with van der Waals surface area (Å²) in [4.78, 5) is 0. The van der Waals surface area contributed by atoms with E-state index in [-0.39, 0.29) is 5.38 Å². The minimum atomic E-state index is 0.284. The fourth-order valence-corrected chi connectivity index (χ4v) is 3.01. The molecule has 0 radical (unpaired) electrons. The molecule has 18 heavy (non-hydrogen) atoms. The zero-order chi connectivity index (χ0) is 13.0. The quantitative estimate of drug-likeness (QED) is 0.673. The van der Waals surface area contributed by atoms with Crippen molar-refractivity contribution in [3.05, 3.63) is 17.5 Å². The molecule has 1 fully saturated rings. The van der Waals surface area contributed by atoms with Crippen LogP contribution in [0.2, 0.25) is 0 Å². The third-order valence-corrected chi connectivity index (χ3v) is 4.39. The maximum atomic E-state index is 6.44. The van der Waals surface area contributed by atoms with E-state index < -0.39 is 0 Å². The van der Waals surface area contributed by atoms with E-state index in [2.05, 4.69) is 23.4 Å². The molecule has 0 bridgehead atoms. The van der Waals surface area contributed by atoms with Gasteiger partial charge in [-0.1, -0.05) is 26.2 Å². The summed E-state index contributed by atoms with van der Waals surface area (Å²) in [5.41, 5.74) is 2.41. The van der Waals surface area contributed by atoms with Crippen LogP contribution in [0.3, 0.4) is 0 Å². The molecule has 0 spiro atoms. The third kappa shape index (κ3) is 3.48. The van der Waals surface area contributed by atoms with Gasteiger partial charge in [-0.15, -0.1) is 11.6 Å². The predicted octanol–water partition coefficient (Wildman–Crippen LogP) is 3.01. The summed E-state index contributed by atoms with van der Waals surface area (Å²) in [6.45, 7) is 3.01. The molecule has 0 aliphatic heterocycles. The highest BCUT2D eigenvalue weighted by atomic mass is 35.5. The normalized spacial score (nSPS) is 25.1. The molecule has 1 N–H and O–H groups in total. The first kappa shape index (κ1) is 13.9. The fourth-order valence-electron chi connectivity index (χ4n) is 2.64. The summed E-state index contributed by atoms with van der Waals surface area (Å²) >= 11 is 6.44. The largest absolute Gasteiger partial charge is 0.307 e. The molecular weight excluding hydrogens is 246 g/mol. The van der Waals surface area contributed by atoms with E-state index in [4.69, 9.17) is 11.6 Å². The fraction of sp³-hybridized carbons (Fsp3) is 0.786. The summed E-state index contributed by atoms with van der Waals surface area (Å²) < 4.78 is 1.98. The maximum absolute atomic E-state index is 6.44. The molecular formula is C14H24ClN3. The van der Waals surface area contributed by atoms with Crippen molar-refractivity contribution in [2.75, 3.05) is 0 Å². The second-order valence-electron chi connectivity index (χ2n) is 5.25. The summed E-state index contributed by atoms with van der Waals surface area (Å²) in [5.74, 6) is 0. The van der Waals surface area contributed by atoms with E-state index in [1.807, 2.05) is 11.7 Å². The Bertz CT molecular complexity index is 375. The zero-order valence-corrected chi connectivity index (χ0v) is 12.2. The van der Waals surface area contributed by atoms with E-state index in [0.29, 0.717) is 6.04 Å². The van der Waals surface area contributed by atoms with Gasteiger partial charge in [0.25, 0.3) is 0 Å². The van der Waals surface area contributed by atoms with Crippen LogP contribution < -0.4 is 5.32 Å². The summed E-state index contributed by atoms with van der Waals surface area (Å²) in [5, 5.41) is 8.37. The minimum Gasteiger partial charge on any atom is -0.307 e. The number of nitrogens with one attached hydrogen (secondary N) is 1. The second kappa shape index (κ2) is 6.58. The maximum Gasteiger partial charge on any atom is 0.0625 e.